The van der Waals surface area contributed by atoms with Gasteiger partial charge in [0.2, 0.25) is 0 Å². The highest BCUT2D eigenvalue weighted by Gasteiger charge is 2.40. The van der Waals surface area contributed by atoms with Gasteiger partial charge in [0.25, 0.3) is 20.0 Å². The summed E-state index contributed by atoms with van der Waals surface area (Å²) in [7, 11) is -7.68. The standard InChI is InChI=1S/C52H50N2O9S2/c55-64(56,43-21-9-3-10-22-43)53-34-41(45-25-13-15-27-47(45)53)29-31-59-38-51-49(61-36-39-17-5-1-6-18-39)33-50(62-37-40-19-7-2-8-20-40)52(63-51)60-32-30-42-35-54(48-28-16-14-26-46(42)48)65(57,58)44-23-11-4-12-24-44/h1-28,34-35,49-52H,29-33,36-38H2/t49-,50+,51+,52-/m0/s1. The van der Waals surface area contributed by atoms with Crippen molar-refractivity contribution in [1.29, 1.82) is 0 Å². The summed E-state index contributed by atoms with van der Waals surface area (Å²) < 4.78 is 90.7. The smallest absolute Gasteiger partial charge is 0.268 e. The van der Waals surface area contributed by atoms with Gasteiger partial charge in [0.1, 0.15) is 12.2 Å². The van der Waals surface area contributed by atoms with Gasteiger partial charge in [-0.3, -0.25) is 0 Å². The third kappa shape index (κ3) is 10.0. The van der Waals surface area contributed by atoms with Crippen molar-refractivity contribution >= 4 is 41.9 Å². The second-order valence-corrected chi connectivity index (χ2v) is 19.6. The lowest BCUT2D eigenvalue weighted by Crippen LogP contribution is -2.52. The molecular formula is C52H50N2O9S2. The van der Waals surface area contributed by atoms with E-state index >= 15 is 0 Å². The van der Waals surface area contributed by atoms with E-state index < -0.39 is 44.6 Å². The molecule has 0 saturated carbocycles. The molecule has 0 aliphatic carbocycles. The first kappa shape index (κ1) is 44.3. The van der Waals surface area contributed by atoms with Crippen LogP contribution in [0.4, 0.5) is 0 Å². The minimum atomic E-state index is -3.85. The molecule has 4 atom stereocenters. The highest BCUT2D eigenvalue weighted by molar-refractivity contribution is 7.90. The Hall–Kier alpha value is -5.90. The van der Waals surface area contributed by atoms with Crippen molar-refractivity contribution < 1.29 is 40.5 Å². The van der Waals surface area contributed by atoms with Crippen LogP contribution in [0.2, 0.25) is 0 Å². The minimum absolute atomic E-state index is 0.177. The Morgan fingerprint density at radius 2 is 0.923 bits per heavy atom. The van der Waals surface area contributed by atoms with Crippen LogP contribution in [0.15, 0.2) is 192 Å². The quantitative estimate of drug-likeness (QED) is 0.0731. The monoisotopic (exact) mass is 910 g/mol. The van der Waals surface area contributed by atoms with Gasteiger partial charge in [0, 0.05) is 29.6 Å². The number of rotatable bonds is 19. The molecule has 1 aliphatic heterocycles. The van der Waals surface area contributed by atoms with Gasteiger partial charge in [-0.2, -0.15) is 0 Å². The van der Waals surface area contributed by atoms with Gasteiger partial charge in [-0.05, 0) is 71.5 Å². The average Bonchev–Trinajstić information content (AvgIpc) is 3.93. The molecular weight excluding hydrogens is 861 g/mol. The molecule has 8 aromatic rings. The maximum Gasteiger partial charge on any atom is 0.268 e. The Morgan fingerprint density at radius 3 is 1.43 bits per heavy atom. The summed E-state index contributed by atoms with van der Waals surface area (Å²) in [6.07, 6.45) is 2.41. The first-order valence-corrected chi connectivity index (χ1v) is 24.6. The lowest BCUT2D eigenvalue weighted by atomic mass is 10.0. The van der Waals surface area contributed by atoms with Gasteiger partial charge in [0.15, 0.2) is 6.29 Å². The summed E-state index contributed by atoms with van der Waals surface area (Å²) >= 11 is 0. The summed E-state index contributed by atoms with van der Waals surface area (Å²) in [5, 5.41) is 1.65. The number of hydrogen-bond acceptors (Lipinski definition) is 9. The van der Waals surface area contributed by atoms with Crippen LogP contribution in [0, 0.1) is 0 Å². The van der Waals surface area contributed by atoms with Crippen molar-refractivity contribution in [3.8, 4) is 0 Å². The molecule has 334 valence electrons. The highest BCUT2D eigenvalue weighted by Crippen LogP contribution is 2.31. The van der Waals surface area contributed by atoms with E-state index in [-0.39, 0.29) is 23.0 Å². The lowest BCUT2D eigenvalue weighted by Gasteiger charge is -2.41. The molecule has 1 saturated heterocycles. The molecule has 0 radical (unpaired) electrons. The van der Waals surface area contributed by atoms with E-state index in [0.29, 0.717) is 50.1 Å². The van der Waals surface area contributed by atoms with Gasteiger partial charge in [-0.1, -0.05) is 133 Å². The molecule has 2 aromatic heterocycles. The fourth-order valence-electron chi connectivity index (χ4n) is 8.32. The average molecular weight is 911 g/mol. The zero-order chi connectivity index (χ0) is 44.6. The Kier molecular flexibility index (Phi) is 13.7. The number of nitrogens with zero attached hydrogens (tertiary/aromatic N) is 2. The number of benzene rings is 6. The van der Waals surface area contributed by atoms with Gasteiger partial charge in [-0.25, -0.2) is 24.8 Å². The third-order valence-electron chi connectivity index (χ3n) is 11.7. The summed E-state index contributed by atoms with van der Waals surface area (Å²) in [5.41, 5.74) is 4.86. The maximum absolute atomic E-state index is 13.8. The number of fused-ring (bicyclic) bond motifs is 2. The third-order valence-corrected chi connectivity index (χ3v) is 15.1. The number of para-hydroxylation sites is 2. The van der Waals surface area contributed by atoms with E-state index in [1.54, 1.807) is 73.1 Å². The lowest BCUT2D eigenvalue weighted by molar-refractivity contribution is -0.289. The normalized spacial score (nSPS) is 18.0. The zero-order valence-electron chi connectivity index (χ0n) is 35.7. The molecule has 0 amide bonds. The Bertz CT molecular complexity index is 3030. The fourth-order valence-corrected chi connectivity index (χ4v) is 11.1. The van der Waals surface area contributed by atoms with Crippen LogP contribution in [0.3, 0.4) is 0 Å². The van der Waals surface area contributed by atoms with E-state index in [0.717, 1.165) is 33.0 Å². The Balaban J connectivity index is 0.934. The number of ether oxygens (including phenoxy) is 5. The first-order chi connectivity index (χ1) is 31.8. The van der Waals surface area contributed by atoms with Crippen LogP contribution in [0.1, 0.15) is 28.7 Å². The van der Waals surface area contributed by atoms with Crippen molar-refractivity contribution in [3.63, 3.8) is 0 Å². The molecule has 3 heterocycles. The first-order valence-electron chi connectivity index (χ1n) is 21.7. The van der Waals surface area contributed by atoms with Crippen molar-refractivity contribution in [2.75, 3.05) is 19.8 Å². The molecule has 13 heteroatoms. The Morgan fingerprint density at radius 1 is 0.492 bits per heavy atom. The summed E-state index contributed by atoms with van der Waals surface area (Å²) in [6, 6.07) is 51.6. The maximum atomic E-state index is 13.8. The fraction of sp³-hybridized carbons (Fsp3) is 0.231. The molecule has 0 N–H and O–H groups in total. The van der Waals surface area contributed by atoms with E-state index in [2.05, 4.69) is 0 Å². The van der Waals surface area contributed by atoms with Gasteiger partial charge in [-0.15, -0.1) is 0 Å². The SMILES string of the molecule is O=S(=O)(c1ccccc1)n1cc(CCOC[C@H]2O[C@H](OCCc3cn(S(=O)(=O)c4ccccc4)c4ccccc34)[C@H](OCc3ccccc3)C[C@@H]2OCc2ccccc2)c2ccccc21. The topological polar surface area (TPSA) is 124 Å². The second-order valence-electron chi connectivity index (χ2n) is 16.0. The predicted octanol–water partition coefficient (Wildman–Crippen LogP) is 9.17. The van der Waals surface area contributed by atoms with E-state index in [9.17, 15) is 16.8 Å². The molecule has 0 spiro atoms. The van der Waals surface area contributed by atoms with Gasteiger partial charge in [0.05, 0.1) is 60.0 Å². The molecule has 11 nitrogen and oxygen atoms in total. The van der Waals surface area contributed by atoms with Crippen molar-refractivity contribution in [2.45, 2.75) is 66.9 Å². The second kappa shape index (κ2) is 20.1. The van der Waals surface area contributed by atoms with Crippen LogP contribution < -0.4 is 0 Å². The van der Waals surface area contributed by atoms with Crippen molar-refractivity contribution in [1.82, 2.24) is 7.94 Å². The largest absolute Gasteiger partial charge is 0.378 e. The number of aromatic nitrogens is 2. The molecule has 1 fully saturated rings. The van der Waals surface area contributed by atoms with Crippen LogP contribution in [0.5, 0.6) is 0 Å². The molecule has 9 rings (SSSR count). The molecule has 65 heavy (non-hydrogen) atoms. The molecule has 6 aromatic carbocycles. The number of hydrogen-bond donors (Lipinski definition) is 0. The van der Waals surface area contributed by atoms with E-state index in [1.165, 1.54) is 7.94 Å². The van der Waals surface area contributed by atoms with E-state index in [4.69, 9.17) is 23.7 Å². The summed E-state index contributed by atoms with van der Waals surface area (Å²) in [6.45, 7) is 1.37. The molecule has 1 aliphatic rings. The van der Waals surface area contributed by atoms with Crippen LogP contribution >= 0.6 is 0 Å². The zero-order valence-corrected chi connectivity index (χ0v) is 37.3. The molecule has 0 bridgehead atoms. The predicted molar refractivity (Wildman–Crippen MR) is 249 cm³/mol. The van der Waals surface area contributed by atoms with Crippen LogP contribution in [-0.4, -0.2) is 69.2 Å². The highest BCUT2D eigenvalue weighted by atomic mass is 32.2. The van der Waals surface area contributed by atoms with Crippen LogP contribution in [-0.2, 0) is 69.8 Å². The van der Waals surface area contributed by atoms with Gasteiger partial charge >= 0.3 is 0 Å². The van der Waals surface area contributed by atoms with Crippen molar-refractivity contribution in [2.24, 2.45) is 0 Å². The van der Waals surface area contributed by atoms with Gasteiger partial charge < -0.3 is 23.7 Å². The Labute approximate surface area is 379 Å². The van der Waals surface area contributed by atoms with Crippen molar-refractivity contribution in [3.05, 3.63) is 205 Å². The summed E-state index contributed by atoms with van der Waals surface area (Å²) in [5.74, 6) is 0. The molecule has 0 unspecified atom stereocenters. The van der Waals surface area contributed by atoms with E-state index in [1.807, 2.05) is 109 Å². The van der Waals surface area contributed by atoms with Crippen LogP contribution in [0.25, 0.3) is 21.8 Å². The minimum Gasteiger partial charge on any atom is -0.378 e. The summed E-state index contributed by atoms with van der Waals surface area (Å²) in [4.78, 5) is 0.419.